The Kier molecular flexibility index (Phi) is 6.70. The molecule has 0 spiro atoms. The zero-order valence-corrected chi connectivity index (χ0v) is 15.9. The number of rotatable bonds is 8. The summed E-state index contributed by atoms with van der Waals surface area (Å²) in [5.74, 6) is 0.629. The number of hydrogen-bond donors (Lipinski definition) is 2. The second kappa shape index (κ2) is 8.79. The van der Waals surface area contributed by atoms with Gasteiger partial charge in [0.2, 0.25) is 5.76 Å². The second-order valence-corrected chi connectivity index (χ2v) is 7.20. The molecule has 2 aromatic rings. The highest BCUT2D eigenvalue weighted by Gasteiger charge is 2.22. The normalized spacial score (nSPS) is 13.1. The van der Waals surface area contributed by atoms with Gasteiger partial charge in [-0.25, -0.2) is 0 Å². The lowest BCUT2D eigenvalue weighted by atomic mass is 10.1. The predicted octanol–water partition coefficient (Wildman–Crippen LogP) is 3.19. The second-order valence-electron chi connectivity index (χ2n) is 7.20. The highest BCUT2D eigenvalue weighted by molar-refractivity contribution is 5.74. The van der Waals surface area contributed by atoms with E-state index in [0.29, 0.717) is 17.9 Å². The van der Waals surface area contributed by atoms with Gasteiger partial charge in [0.1, 0.15) is 18.5 Å². The van der Waals surface area contributed by atoms with Crippen molar-refractivity contribution in [1.29, 1.82) is 0 Å². The first-order chi connectivity index (χ1) is 12.7. The Hall–Kier alpha value is -2.71. The molecule has 8 nitrogen and oxygen atoms in total. The molecule has 0 fully saturated rings. The quantitative estimate of drug-likeness (QED) is 0.538. The van der Waals surface area contributed by atoms with E-state index < -0.39 is 11.0 Å². The van der Waals surface area contributed by atoms with Gasteiger partial charge < -0.3 is 19.7 Å². The van der Waals surface area contributed by atoms with E-state index in [0.717, 1.165) is 0 Å². The standard InChI is InChI=1S/C19H25N3O5/c1-13-18(22(24)25)17(27-21-13)10-9-14-7-5-6-8-16(14)26-12-15(23)11-20-19(2,3)4/h5-10,15,20,23H,11-12H2,1-4H3/b10-9+. The minimum atomic E-state index is -0.667. The van der Waals surface area contributed by atoms with Crippen LogP contribution in [0.3, 0.4) is 0 Å². The van der Waals surface area contributed by atoms with Crippen molar-refractivity contribution in [2.75, 3.05) is 13.2 Å². The molecule has 0 aliphatic heterocycles. The Morgan fingerprint density at radius 2 is 2.07 bits per heavy atom. The first kappa shape index (κ1) is 20.6. The van der Waals surface area contributed by atoms with Crippen LogP contribution in [0.4, 0.5) is 5.69 Å². The van der Waals surface area contributed by atoms with Crippen LogP contribution in [0.2, 0.25) is 0 Å². The fourth-order valence-electron chi connectivity index (χ4n) is 2.30. The summed E-state index contributed by atoms with van der Waals surface area (Å²) < 4.78 is 10.7. The van der Waals surface area contributed by atoms with Crippen LogP contribution in [0, 0.1) is 17.0 Å². The monoisotopic (exact) mass is 375 g/mol. The van der Waals surface area contributed by atoms with Crippen LogP contribution in [0.25, 0.3) is 12.2 Å². The molecule has 0 aliphatic carbocycles. The van der Waals surface area contributed by atoms with Gasteiger partial charge in [-0.1, -0.05) is 23.4 Å². The predicted molar refractivity (Wildman–Crippen MR) is 103 cm³/mol. The third-order valence-corrected chi connectivity index (χ3v) is 3.67. The molecule has 0 radical (unpaired) electrons. The number of para-hydroxylation sites is 1. The third kappa shape index (κ3) is 6.19. The van der Waals surface area contributed by atoms with E-state index in [9.17, 15) is 15.2 Å². The molecule has 2 N–H and O–H groups in total. The third-order valence-electron chi connectivity index (χ3n) is 3.67. The van der Waals surface area contributed by atoms with Crippen LogP contribution in [-0.4, -0.2) is 40.0 Å². The summed E-state index contributed by atoms with van der Waals surface area (Å²) in [5, 5.41) is 28.0. The van der Waals surface area contributed by atoms with Crippen molar-refractivity contribution in [1.82, 2.24) is 10.5 Å². The Morgan fingerprint density at radius 3 is 2.74 bits per heavy atom. The Labute approximate surface area is 158 Å². The van der Waals surface area contributed by atoms with Gasteiger partial charge in [0.15, 0.2) is 5.69 Å². The van der Waals surface area contributed by atoms with Crippen LogP contribution in [-0.2, 0) is 0 Å². The molecule has 1 heterocycles. The van der Waals surface area contributed by atoms with Crippen LogP contribution >= 0.6 is 0 Å². The van der Waals surface area contributed by atoms with Gasteiger partial charge in [-0.3, -0.25) is 10.1 Å². The lowest BCUT2D eigenvalue weighted by Crippen LogP contribution is -2.42. The number of β-amino-alcohol motifs (C(OH)–C–C–N with tert-alkyl or cyclic N) is 1. The smallest absolute Gasteiger partial charge is 0.338 e. The zero-order chi connectivity index (χ0) is 20.0. The number of nitrogens with zero attached hydrogens (tertiary/aromatic N) is 2. The van der Waals surface area contributed by atoms with Crippen molar-refractivity contribution in [3.05, 3.63) is 51.4 Å². The molecule has 0 bridgehead atoms. The van der Waals surface area contributed by atoms with E-state index in [1.54, 1.807) is 18.2 Å². The number of aliphatic hydroxyl groups is 1. The number of aliphatic hydroxyl groups excluding tert-OH is 1. The van der Waals surface area contributed by atoms with Crippen LogP contribution < -0.4 is 10.1 Å². The molecule has 1 aromatic carbocycles. The summed E-state index contributed by atoms with van der Waals surface area (Å²) in [6.45, 7) is 8.10. The molecule has 146 valence electrons. The minimum Gasteiger partial charge on any atom is -0.490 e. The lowest BCUT2D eigenvalue weighted by molar-refractivity contribution is -0.386. The SMILES string of the molecule is Cc1noc(/C=C/c2ccccc2OCC(O)CNC(C)(C)C)c1[N+](=O)[O-]. The molecular formula is C19H25N3O5. The highest BCUT2D eigenvalue weighted by atomic mass is 16.6. The molecule has 1 unspecified atom stereocenters. The topological polar surface area (TPSA) is 111 Å². The maximum absolute atomic E-state index is 11.1. The molecule has 1 aromatic heterocycles. The van der Waals surface area contributed by atoms with E-state index in [1.807, 2.05) is 32.9 Å². The maximum atomic E-state index is 11.1. The van der Waals surface area contributed by atoms with E-state index in [-0.39, 0.29) is 29.3 Å². The molecular weight excluding hydrogens is 350 g/mol. The van der Waals surface area contributed by atoms with Gasteiger partial charge in [0.05, 0.1) is 4.92 Å². The number of aryl methyl sites for hydroxylation is 1. The molecule has 0 amide bonds. The van der Waals surface area contributed by atoms with E-state index in [1.165, 1.54) is 13.0 Å². The van der Waals surface area contributed by atoms with Crippen molar-refractivity contribution >= 4 is 17.8 Å². The molecule has 8 heteroatoms. The number of nitro groups is 1. The zero-order valence-electron chi connectivity index (χ0n) is 15.9. The number of nitrogens with one attached hydrogen (secondary N) is 1. The van der Waals surface area contributed by atoms with Crippen LogP contribution in [0.5, 0.6) is 5.75 Å². The lowest BCUT2D eigenvalue weighted by Gasteiger charge is -2.23. The average molecular weight is 375 g/mol. The Balaban J connectivity index is 2.07. The summed E-state index contributed by atoms with van der Waals surface area (Å²) in [6.07, 6.45) is 2.47. The van der Waals surface area contributed by atoms with E-state index in [2.05, 4.69) is 10.5 Å². The maximum Gasteiger partial charge on any atom is 0.338 e. The number of ether oxygens (including phenoxy) is 1. The number of benzene rings is 1. The molecule has 0 saturated carbocycles. The molecule has 0 saturated heterocycles. The van der Waals surface area contributed by atoms with Gasteiger partial charge >= 0.3 is 5.69 Å². The van der Waals surface area contributed by atoms with Gasteiger partial charge in [-0.2, -0.15) is 0 Å². The summed E-state index contributed by atoms with van der Waals surface area (Å²) >= 11 is 0. The van der Waals surface area contributed by atoms with E-state index in [4.69, 9.17) is 9.26 Å². The summed E-state index contributed by atoms with van der Waals surface area (Å²) in [4.78, 5) is 10.6. The van der Waals surface area contributed by atoms with Crippen molar-refractivity contribution < 1.29 is 19.3 Å². The summed E-state index contributed by atoms with van der Waals surface area (Å²) in [7, 11) is 0. The Morgan fingerprint density at radius 1 is 1.37 bits per heavy atom. The van der Waals surface area contributed by atoms with Gasteiger partial charge in [0, 0.05) is 17.6 Å². The molecule has 1 atom stereocenters. The van der Waals surface area contributed by atoms with Crippen molar-refractivity contribution in [3.8, 4) is 5.75 Å². The van der Waals surface area contributed by atoms with Crippen molar-refractivity contribution in [3.63, 3.8) is 0 Å². The van der Waals surface area contributed by atoms with Crippen molar-refractivity contribution in [2.24, 2.45) is 0 Å². The average Bonchev–Trinajstić information content (AvgIpc) is 2.97. The van der Waals surface area contributed by atoms with Gasteiger partial charge in [-0.05, 0) is 45.9 Å². The highest BCUT2D eigenvalue weighted by Crippen LogP contribution is 2.26. The van der Waals surface area contributed by atoms with Gasteiger partial charge in [-0.15, -0.1) is 0 Å². The molecule has 27 heavy (non-hydrogen) atoms. The number of aromatic nitrogens is 1. The first-order valence-electron chi connectivity index (χ1n) is 8.61. The summed E-state index contributed by atoms with van der Waals surface area (Å²) in [5.41, 5.74) is 0.676. The van der Waals surface area contributed by atoms with Crippen LogP contribution in [0.1, 0.15) is 37.8 Å². The largest absolute Gasteiger partial charge is 0.490 e. The molecule has 0 aliphatic rings. The number of hydrogen-bond acceptors (Lipinski definition) is 7. The fraction of sp³-hybridized carbons (Fsp3) is 0.421. The summed E-state index contributed by atoms with van der Waals surface area (Å²) in [6, 6.07) is 7.21. The first-order valence-corrected chi connectivity index (χ1v) is 8.61. The van der Waals surface area contributed by atoms with Gasteiger partial charge in [0.25, 0.3) is 0 Å². The molecule has 2 rings (SSSR count). The van der Waals surface area contributed by atoms with E-state index >= 15 is 0 Å². The minimum absolute atomic E-state index is 0.0710. The Bertz CT molecular complexity index is 808. The van der Waals surface area contributed by atoms with Crippen molar-refractivity contribution in [2.45, 2.75) is 39.3 Å². The van der Waals surface area contributed by atoms with Crippen LogP contribution in [0.15, 0.2) is 28.8 Å². The fourth-order valence-corrected chi connectivity index (χ4v) is 2.30.